The molecule has 0 spiro atoms. The topological polar surface area (TPSA) is 66.6 Å². The van der Waals surface area contributed by atoms with Gasteiger partial charge in [-0.2, -0.15) is 0 Å². The Morgan fingerprint density at radius 1 is 1.24 bits per heavy atom. The lowest BCUT2D eigenvalue weighted by molar-refractivity contribution is 0.0622. The number of aromatic nitrogens is 4. The number of carbonyl (C=O) groups is 1. The van der Waals surface area contributed by atoms with Crippen molar-refractivity contribution >= 4 is 23.0 Å². The number of piperazine rings is 1. The van der Waals surface area contributed by atoms with E-state index >= 15 is 0 Å². The second kappa shape index (κ2) is 6.89. The van der Waals surface area contributed by atoms with Crippen LogP contribution >= 0.6 is 11.3 Å². The van der Waals surface area contributed by atoms with Crippen LogP contribution in [-0.2, 0) is 13.0 Å². The minimum atomic E-state index is -0.0212. The first-order valence-electron chi connectivity index (χ1n) is 8.47. The molecule has 0 bridgehead atoms. The zero-order chi connectivity index (χ0) is 17.2. The number of imidazole rings is 1. The van der Waals surface area contributed by atoms with E-state index in [4.69, 9.17) is 0 Å². The second-order valence-electron chi connectivity index (χ2n) is 6.11. The molecule has 25 heavy (non-hydrogen) atoms. The molecule has 1 aliphatic rings. The highest BCUT2D eigenvalue weighted by Gasteiger charge is 2.24. The Balaban J connectivity index is 1.36. The summed E-state index contributed by atoms with van der Waals surface area (Å²) >= 11 is 1.72. The lowest BCUT2D eigenvalue weighted by Crippen LogP contribution is -2.48. The molecule has 4 heterocycles. The Morgan fingerprint density at radius 3 is 2.80 bits per heavy atom. The van der Waals surface area contributed by atoms with Crippen LogP contribution in [0.25, 0.3) is 5.78 Å². The van der Waals surface area contributed by atoms with Gasteiger partial charge < -0.3 is 4.90 Å². The smallest absolute Gasteiger partial charge is 0.274 e. The first-order valence-corrected chi connectivity index (χ1v) is 9.35. The van der Waals surface area contributed by atoms with Crippen molar-refractivity contribution in [1.29, 1.82) is 0 Å². The standard InChI is InChI=1S/C17H20N6OS/c1-2-15-19-13(12-25-15)10-21-6-8-22(9-7-21)16(24)14-11-23-5-3-4-18-17(23)20-14/h3-5,11-12H,2,6-10H2,1H3. The summed E-state index contributed by atoms with van der Waals surface area (Å²) in [5.74, 6) is 0.534. The number of hydrogen-bond acceptors (Lipinski definition) is 6. The quantitative estimate of drug-likeness (QED) is 0.712. The molecule has 130 valence electrons. The van der Waals surface area contributed by atoms with Gasteiger partial charge in [0.05, 0.1) is 10.7 Å². The second-order valence-corrected chi connectivity index (χ2v) is 7.05. The van der Waals surface area contributed by atoms with Crippen molar-refractivity contribution < 1.29 is 4.79 Å². The van der Waals surface area contributed by atoms with Gasteiger partial charge in [-0.05, 0) is 12.5 Å². The summed E-state index contributed by atoms with van der Waals surface area (Å²) in [6.45, 7) is 6.13. The van der Waals surface area contributed by atoms with Crippen molar-refractivity contribution in [3.05, 3.63) is 46.4 Å². The van der Waals surface area contributed by atoms with Gasteiger partial charge in [0, 0.05) is 56.7 Å². The maximum Gasteiger partial charge on any atom is 0.274 e. The number of carbonyl (C=O) groups excluding carboxylic acids is 1. The van der Waals surface area contributed by atoms with Crippen molar-refractivity contribution in [3.63, 3.8) is 0 Å². The van der Waals surface area contributed by atoms with Crippen molar-refractivity contribution in [1.82, 2.24) is 29.2 Å². The van der Waals surface area contributed by atoms with Gasteiger partial charge in [0.25, 0.3) is 5.91 Å². The van der Waals surface area contributed by atoms with Gasteiger partial charge in [-0.1, -0.05) is 6.92 Å². The molecular weight excluding hydrogens is 336 g/mol. The van der Waals surface area contributed by atoms with E-state index in [-0.39, 0.29) is 5.91 Å². The average molecular weight is 356 g/mol. The van der Waals surface area contributed by atoms with Crippen LogP contribution in [0.2, 0.25) is 0 Å². The van der Waals surface area contributed by atoms with Crippen LogP contribution in [0.15, 0.2) is 30.0 Å². The fourth-order valence-corrected chi connectivity index (χ4v) is 3.75. The highest BCUT2D eigenvalue weighted by molar-refractivity contribution is 7.09. The van der Waals surface area contributed by atoms with E-state index < -0.39 is 0 Å². The van der Waals surface area contributed by atoms with Crippen LogP contribution in [0.1, 0.15) is 28.1 Å². The third-order valence-corrected chi connectivity index (χ3v) is 5.44. The Labute approximate surface area is 150 Å². The van der Waals surface area contributed by atoms with Gasteiger partial charge in [0.2, 0.25) is 5.78 Å². The molecule has 0 aromatic carbocycles. The molecule has 3 aromatic rings. The molecule has 0 radical (unpaired) electrons. The van der Waals surface area contributed by atoms with Gasteiger partial charge in [-0.15, -0.1) is 11.3 Å². The molecule has 4 rings (SSSR count). The molecule has 0 aliphatic carbocycles. The lowest BCUT2D eigenvalue weighted by atomic mass is 10.2. The molecule has 0 N–H and O–H groups in total. The number of nitrogens with zero attached hydrogens (tertiary/aromatic N) is 6. The molecular formula is C17H20N6OS. The first-order chi connectivity index (χ1) is 12.2. The van der Waals surface area contributed by atoms with E-state index in [9.17, 15) is 4.79 Å². The summed E-state index contributed by atoms with van der Waals surface area (Å²) in [5.41, 5.74) is 1.59. The van der Waals surface area contributed by atoms with Crippen LogP contribution in [0, 0.1) is 0 Å². The van der Waals surface area contributed by atoms with Crippen LogP contribution < -0.4 is 0 Å². The Bertz CT molecular complexity index is 847. The molecule has 1 aliphatic heterocycles. The Kier molecular flexibility index (Phi) is 4.46. The van der Waals surface area contributed by atoms with E-state index in [0.29, 0.717) is 24.6 Å². The summed E-state index contributed by atoms with van der Waals surface area (Å²) in [5, 5.41) is 3.32. The maximum atomic E-state index is 12.7. The number of amides is 1. The van der Waals surface area contributed by atoms with E-state index in [2.05, 4.69) is 32.2 Å². The third kappa shape index (κ3) is 3.40. The number of hydrogen-bond donors (Lipinski definition) is 0. The molecule has 1 amide bonds. The van der Waals surface area contributed by atoms with E-state index in [0.717, 1.165) is 31.7 Å². The molecule has 8 heteroatoms. The minimum absolute atomic E-state index is 0.0212. The SMILES string of the molecule is CCc1nc(CN2CCN(C(=O)c3cn4cccnc4n3)CC2)cs1. The van der Waals surface area contributed by atoms with Gasteiger partial charge in [0.15, 0.2) is 0 Å². The van der Waals surface area contributed by atoms with Gasteiger partial charge >= 0.3 is 0 Å². The molecule has 1 fully saturated rings. The van der Waals surface area contributed by atoms with Crippen LogP contribution in [0.5, 0.6) is 0 Å². The summed E-state index contributed by atoms with van der Waals surface area (Å²) in [4.78, 5) is 30.0. The van der Waals surface area contributed by atoms with Gasteiger partial charge in [-0.3, -0.25) is 14.1 Å². The fraction of sp³-hybridized carbons (Fsp3) is 0.412. The van der Waals surface area contributed by atoms with Crippen LogP contribution in [0.4, 0.5) is 0 Å². The summed E-state index contributed by atoms with van der Waals surface area (Å²) in [6.07, 6.45) is 6.26. The predicted molar refractivity (Wildman–Crippen MR) is 95.7 cm³/mol. The first kappa shape index (κ1) is 16.2. The number of rotatable bonds is 4. The summed E-state index contributed by atoms with van der Waals surface area (Å²) < 4.78 is 1.77. The summed E-state index contributed by atoms with van der Waals surface area (Å²) in [6, 6.07) is 1.82. The third-order valence-electron chi connectivity index (χ3n) is 4.40. The Hall–Kier alpha value is -2.32. The van der Waals surface area contributed by atoms with Crippen molar-refractivity contribution in [2.24, 2.45) is 0 Å². The zero-order valence-electron chi connectivity index (χ0n) is 14.1. The van der Waals surface area contributed by atoms with E-state index in [1.54, 1.807) is 28.1 Å². The summed E-state index contributed by atoms with van der Waals surface area (Å²) in [7, 11) is 0. The molecule has 7 nitrogen and oxygen atoms in total. The fourth-order valence-electron chi connectivity index (χ4n) is 3.02. The minimum Gasteiger partial charge on any atom is -0.335 e. The number of aryl methyl sites for hydroxylation is 1. The molecule has 0 atom stereocenters. The van der Waals surface area contributed by atoms with Gasteiger partial charge in [-0.25, -0.2) is 15.0 Å². The van der Waals surface area contributed by atoms with Crippen molar-refractivity contribution in [3.8, 4) is 0 Å². The lowest BCUT2D eigenvalue weighted by Gasteiger charge is -2.34. The largest absolute Gasteiger partial charge is 0.335 e. The average Bonchev–Trinajstić information content (AvgIpc) is 3.28. The molecule has 3 aromatic heterocycles. The normalized spacial score (nSPS) is 15.8. The Morgan fingerprint density at radius 2 is 2.08 bits per heavy atom. The number of thiazole rings is 1. The van der Waals surface area contributed by atoms with E-state index in [1.807, 2.05) is 17.2 Å². The van der Waals surface area contributed by atoms with Crippen molar-refractivity contribution in [2.45, 2.75) is 19.9 Å². The van der Waals surface area contributed by atoms with Crippen LogP contribution in [-0.4, -0.2) is 61.2 Å². The van der Waals surface area contributed by atoms with E-state index in [1.165, 1.54) is 5.01 Å². The maximum absolute atomic E-state index is 12.7. The van der Waals surface area contributed by atoms with Crippen molar-refractivity contribution in [2.75, 3.05) is 26.2 Å². The molecule has 0 unspecified atom stereocenters. The molecule has 1 saturated heterocycles. The predicted octanol–water partition coefficient (Wildman–Crippen LogP) is 1.71. The zero-order valence-corrected chi connectivity index (χ0v) is 14.9. The van der Waals surface area contributed by atoms with Crippen LogP contribution in [0.3, 0.4) is 0 Å². The molecule has 0 saturated carbocycles. The van der Waals surface area contributed by atoms with Gasteiger partial charge in [0.1, 0.15) is 5.69 Å². The monoisotopic (exact) mass is 356 g/mol. The highest BCUT2D eigenvalue weighted by atomic mass is 32.1. The highest BCUT2D eigenvalue weighted by Crippen LogP contribution is 2.14. The number of fused-ring (bicyclic) bond motifs is 1.